The fourth-order valence-electron chi connectivity index (χ4n) is 3.25. The highest BCUT2D eigenvalue weighted by atomic mass is 35.5. The lowest BCUT2D eigenvalue weighted by Crippen LogP contribution is -2.40. The van der Waals surface area contributed by atoms with Crippen LogP contribution in [0.3, 0.4) is 0 Å². The highest BCUT2D eigenvalue weighted by molar-refractivity contribution is 7.99. The fraction of sp³-hybridized carbons (Fsp3) is 0.296. The SMILES string of the molecule is CC(C)(C)OC(=O)N(CCc1ccc(Sc2ccc(O)cc2)cc1)CC(O)c1cccc(Cl)c1. The van der Waals surface area contributed by atoms with Crippen LogP contribution in [-0.4, -0.2) is 39.9 Å². The summed E-state index contributed by atoms with van der Waals surface area (Å²) in [5.74, 6) is 0.245. The number of carbonyl (C=O) groups is 1. The van der Waals surface area contributed by atoms with E-state index >= 15 is 0 Å². The Morgan fingerprint density at radius 3 is 2.24 bits per heavy atom. The Kier molecular flexibility index (Phi) is 8.89. The summed E-state index contributed by atoms with van der Waals surface area (Å²) in [4.78, 5) is 16.5. The number of phenolic OH excluding ortho intramolecular Hbond substituents is 1. The molecule has 1 unspecified atom stereocenters. The van der Waals surface area contributed by atoms with Crippen molar-refractivity contribution < 1.29 is 19.7 Å². The molecule has 1 amide bonds. The molecule has 0 heterocycles. The van der Waals surface area contributed by atoms with Crippen molar-refractivity contribution in [2.75, 3.05) is 13.1 Å². The number of amides is 1. The van der Waals surface area contributed by atoms with Crippen molar-refractivity contribution in [3.8, 4) is 5.75 Å². The number of rotatable bonds is 8. The minimum atomic E-state index is -0.879. The molecule has 2 N–H and O–H groups in total. The highest BCUT2D eigenvalue weighted by Crippen LogP contribution is 2.29. The third kappa shape index (κ3) is 8.28. The first kappa shape index (κ1) is 25.9. The van der Waals surface area contributed by atoms with Crippen LogP contribution in [0.25, 0.3) is 0 Å². The molecule has 0 fully saturated rings. The van der Waals surface area contributed by atoms with Gasteiger partial charge in [-0.2, -0.15) is 0 Å². The number of hydrogen-bond acceptors (Lipinski definition) is 5. The van der Waals surface area contributed by atoms with E-state index in [9.17, 15) is 15.0 Å². The Labute approximate surface area is 210 Å². The van der Waals surface area contributed by atoms with Gasteiger partial charge >= 0.3 is 6.09 Å². The summed E-state index contributed by atoms with van der Waals surface area (Å²) in [7, 11) is 0. The molecule has 0 spiro atoms. The minimum absolute atomic E-state index is 0.101. The lowest BCUT2D eigenvalue weighted by atomic mass is 10.1. The van der Waals surface area contributed by atoms with Gasteiger partial charge in [0.1, 0.15) is 11.4 Å². The monoisotopic (exact) mass is 499 g/mol. The molecular formula is C27H30ClNO4S. The first-order chi connectivity index (χ1) is 16.1. The highest BCUT2D eigenvalue weighted by Gasteiger charge is 2.24. The van der Waals surface area contributed by atoms with Crippen molar-refractivity contribution in [3.63, 3.8) is 0 Å². The average molecular weight is 500 g/mol. The van der Waals surface area contributed by atoms with Gasteiger partial charge in [-0.05, 0) is 86.8 Å². The Morgan fingerprint density at radius 1 is 1.03 bits per heavy atom. The summed E-state index contributed by atoms with van der Waals surface area (Å²) in [5, 5.41) is 20.7. The van der Waals surface area contributed by atoms with E-state index in [0.29, 0.717) is 23.6 Å². The number of nitrogens with zero attached hydrogens (tertiary/aromatic N) is 1. The van der Waals surface area contributed by atoms with E-state index in [4.69, 9.17) is 16.3 Å². The smallest absolute Gasteiger partial charge is 0.410 e. The van der Waals surface area contributed by atoms with Gasteiger partial charge in [0.2, 0.25) is 0 Å². The van der Waals surface area contributed by atoms with E-state index in [-0.39, 0.29) is 12.3 Å². The molecule has 3 aromatic rings. The molecule has 0 bridgehead atoms. The van der Waals surface area contributed by atoms with Crippen molar-refractivity contribution in [2.24, 2.45) is 0 Å². The van der Waals surface area contributed by atoms with Crippen LogP contribution in [0.2, 0.25) is 5.02 Å². The molecule has 0 aromatic heterocycles. The molecule has 34 heavy (non-hydrogen) atoms. The number of aliphatic hydroxyl groups excluding tert-OH is 1. The van der Waals surface area contributed by atoms with E-state index in [1.807, 2.05) is 57.2 Å². The molecule has 0 aliphatic heterocycles. The summed E-state index contributed by atoms with van der Waals surface area (Å²) in [6, 6.07) is 22.2. The normalized spacial score (nSPS) is 12.3. The molecule has 7 heteroatoms. The number of phenols is 1. The molecule has 3 rings (SSSR count). The maximum absolute atomic E-state index is 12.8. The molecule has 0 radical (unpaired) electrons. The van der Waals surface area contributed by atoms with Gasteiger partial charge in [0.25, 0.3) is 0 Å². The van der Waals surface area contributed by atoms with Gasteiger partial charge in [-0.3, -0.25) is 0 Å². The minimum Gasteiger partial charge on any atom is -0.508 e. The van der Waals surface area contributed by atoms with Gasteiger partial charge < -0.3 is 19.8 Å². The Balaban J connectivity index is 1.65. The molecular weight excluding hydrogens is 470 g/mol. The third-order valence-electron chi connectivity index (χ3n) is 4.94. The molecule has 3 aromatic carbocycles. The fourth-order valence-corrected chi connectivity index (χ4v) is 4.27. The van der Waals surface area contributed by atoms with Crippen LogP contribution in [0.1, 0.15) is 38.0 Å². The van der Waals surface area contributed by atoms with E-state index in [2.05, 4.69) is 0 Å². The molecule has 0 saturated heterocycles. The standard InChI is InChI=1S/C27H30ClNO4S/c1-27(2,3)33-26(32)29(18-25(31)20-5-4-6-21(28)17-20)16-15-19-7-11-23(12-8-19)34-24-13-9-22(30)10-14-24/h4-14,17,25,30-31H,15-16,18H2,1-3H3. The van der Waals surface area contributed by atoms with E-state index in [0.717, 1.165) is 15.4 Å². The number of ether oxygens (including phenoxy) is 1. The van der Waals surface area contributed by atoms with E-state index in [1.165, 1.54) is 4.90 Å². The second-order valence-electron chi connectivity index (χ2n) is 8.99. The van der Waals surface area contributed by atoms with E-state index < -0.39 is 17.8 Å². The van der Waals surface area contributed by atoms with Crippen molar-refractivity contribution in [1.29, 1.82) is 0 Å². The maximum atomic E-state index is 12.8. The number of aromatic hydroxyl groups is 1. The van der Waals surface area contributed by atoms with Crippen LogP contribution in [0.15, 0.2) is 82.6 Å². The van der Waals surface area contributed by atoms with Gasteiger partial charge in [-0.1, -0.05) is 47.6 Å². The number of aliphatic hydroxyl groups is 1. The van der Waals surface area contributed by atoms with Crippen LogP contribution in [0.5, 0.6) is 5.75 Å². The number of halogens is 1. The second-order valence-corrected chi connectivity index (χ2v) is 10.6. The summed E-state index contributed by atoms with van der Waals surface area (Å²) >= 11 is 7.67. The quantitative estimate of drug-likeness (QED) is 0.360. The largest absolute Gasteiger partial charge is 0.508 e. The lowest BCUT2D eigenvalue weighted by molar-refractivity contribution is 0.0147. The first-order valence-corrected chi connectivity index (χ1v) is 12.3. The van der Waals surface area contributed by atoms with Crippen LogP contribution < -0.4 is 0 Å². The van der Waals surface area contributed by atoms with Crippen LogP contribution in [0.4, 0.5) is 4.79 Å². The summed E-state index contributed by atoms with van der Waals surface area (Å²) in [5.41, 5.74) is 1.08. The van der Waals surface area contributed by atoms with Crippen LogP contribution >= 0.6 is 23.4 Å². The predicted molar refractivity (Wildman–Crippen MR) is 137 cm³/mol. The van der Waals surface area contributed by atoms with Crippen LogP contribution in [0, 0.1) is 0 Å². The summed E-state index contributed by atoms with van der Waals surface area (Å²) in [6.45, 7) is 5.96. The molecule has 180 valence electrons. The predicted octanol–water partition coefficient (Wildman–Crippen LogP) is 6.71. The van der Waals surface area contributed by atoms with Crippen molar-refractivity contribution in [2.45, 2.75) is 48.7 Å². The van der Waals surface area contributed by atoms with Gasteiger partial charge in [-0.25, -0.2) is 4.79 Å². The van der Waals surface area contributed by atoms with Crippen molar-refractivity contribution >= 4 is 29.5 Å². The maximum Gasteiger partial charge on any atom is 0.410 e. The number of benzene rings is 3. The molecule has 1 atom stereocenters. The number of hydrogen-bond donors (Lipinski definition) is 2. The summed E-state index contributed by atoms with van der Waals surface area (Å²) in [6.07, 6.45) is -0.727. The average Bonchev–Trinajstić information content (AvgIpc) is 2.78. The van der Waals surface area contributed by atoms with Crippen molar-refractivity contribution in [3.05, 3.63) is 88.9 Å². The second kappa shape index (κ2) is 11.6. The zero-order valence-electron chi connectivity index (χ0n) is 19.6. The Bertz CT molecular complexity index is 1080. The number of carbonyl (C=O) groups excluding carboxylic acids is 1. The van der Waals surface area contributed by atoms with Crippen molar-refractivity contribution in [1.82, 2.24) is 4.90 Å². The first-order valence-electron chi connectivity index (χ1n) is 11.1. The Morgan fingerprint density at radius 2 is 1.65 bits per heavy atom. The topological polar surface area (TPSA) is 70.0 Å². The van der Waals surface area contributed by atoms with Gasteiger partial charge in [0.15, 0.2) is 0 Å². The van der Waals surface area contributed by atoms with E-state index in [1.54, 1.807) is 48.2 Å². The Hall–Kier alpha value is -2.67. The lowest BCUT2D eigenvalue weighted by Gasteiger charge is -2.29. The molecule has 0 aliphatic rings. The molecule has 5 nitrogen and oxygen atoms in total. The zero-order chi connectivity index (χ0) is 24.7. The van der Waals surface area contributed by atoms with Gasteiger partial charge in [0.05, 0.1) is 12.6 Å². The zero-order valence-corrected chi connectivity index (χ0v) is 21.1. The molecule has 0 aliphatic carbocycles. The van der Waals surface area contributed by atoms with Gasteiger partial charge in [0, 0.05) is 21.4 Å². The third-order valence-corrected chi connectivity index (χ3v) is 6.20. The van der Waals surface area contributed by atoms with Gasteiger partial charge in [-0.15, -0.1) is 0 Å². The van der Waals surface area contributed by atoms with Crippen LogP contribution in [-0.2, 0) is 11.2 Å². The summed E-state index contributed by atoms with van der Waals surface area (Å²) < 4.78 is 5.57. The molecule has 0 saturated carbocycles.